The van der Waals surface area contributed by atoms with Gasteiger partial charge in [0.05, 0.1) is 10.9 Å². The smallest absolute Gasteiger partial charge is 0.240 e. The average Bonchev–Trinajstić information content (AvgIpc) is 3.18. The van der Waals surface area contributed by atoms with Gasteiger partial charge in [0, 0.05) is 43.6 Å². The van der Waals surface area contributed by atoms with Gasteiger partial charge in [-0.3, -0.25) is 0 Å². The Kier molecular flexibility index (Phi) is 6.23. The van der Waals surface area contributed by atoms with Crippen molar-refractivity contribution in [1.82, 2.24) is 4.72 Å². The topological polar surface area (TPSA) is 52.7 Å². The molecule has 5 nitrogen and oxygen atoms in total. The van der Waals surface area contributed by atoms with E-state index in [9.17, 15) is 8.42 Å². The third kappa shape index (κ3) is 4.71. The standard InChI is InChI=1S/C24H26ClN3O2S/c1-27(2)21-11-7-19(8-12-21)24(28-16-15-18-5-3-4-6-23(18)28)17-26-31(29,30)22-13-9-20(25)10-14-22/h3-14,24,26H,15-17H2,1-2H3/t24-/m1/s1. The average molecular weight is 456 g/mol. The van der Waals surface area contributed by atoms with Crippen LogP contribution in [-0.2, 0) is 16.4 Å². The highest BCUT2D eigenvalue weighted by Gasteiger charge is 2.28. The minimum atomic E-state index is -3.65. The molecule has 0 amide bonds. The lowest BCUT2D eigenvalue weighted by Crippen LogP contribution is -2.37. The van der Waals surface area contributed by atoms with Crippen LogP contribution in [0.1, 0.15) is 17.2 Å². The van der Waals surface area contributed by atoms with Gasteiger partial charge >= 0.3 is 0 Å². The highest BCUT2D eigenvalue weighted by molar-refractivity contribution is 7.89. The maximum absolute atomic E-state index is 12.9. The van der Waals surface area contributed by atoms with Gasteiger partial charge in [-0.2, -0.15) is 0 Å². The van der Waals surface area contributed by atoms with Crippen molar-refractivity contribution < 1.29 is 8.42 Å². The first-order valence-corrected chi connectivity index (χ1v) is 12.1. The van der Waals surface area contributed by atoms with E-state index in [2.05, 4.69) is 46.0 Å². The van der Waals surface area contributed by atoms with Crippen molar-refractivity contribution in [1.29, 1.82) is 0 Å². The summed E-state index contributed by atoms with van der Waals surface area (Å²) in [5, 5.41) is 0.506. The van der Waals surface area contributed by atoms with Crippen molar-refractivity contribution in [2.75, 3.05) is 37.0 Å². The molecule has 0 saturated carbocycles. The second-order valence-corrected chi connectivity index (χ2v) is 10.1. The summed E-state index contributed by atoms with van der Waals surface area (Å²) in [6.45, 7) is 1.11. The third-order valence-electron chi connectivity index (χ3n) is 5.68. The number of halogens is 1. The van der Waals surface area contributed by atoms with Crippen LogP contribution in [0.4, 0.5) is 11.4 Å². The zero-order chi connectivity index (χ0) is 22.0. The van der Waals surface area contributed by atoms with Crippen LogP contribution < -0.4 is 14.5 Å². The van der Waals surface area contributed by atoms with Crippen LogP contribution in [0.15, 0.2) is 77.7 Å². The number of fused-ring (bicyclic) bond motifs is 1. The lowest BCUT2D eigenvalue weighted by atomic mass is 10.0. The summed E-state index contributed by atoms with van der Waals surface area (Å²) in [5.74, 6) is 0. The number of nitrogens with one attached hydrogen (secondary N) is 1. The fourth-order valence-corrected chi connectivity index (χ4v) is 5.14. The summed E-state index contributed by atoms with van der Waals surface area (Å²) < 4.78 is 28.6. The fraction of sp³-hybridized carbons (Fsp3) is 0.250. The molecular weight excluding hydrogens is 430 g/mol. The first-order valence-electron chi connectivity index (χ1n) is 10.2. The van der Waals surface area contributed by atoms with Crippen LogP contribution in [0, 0.1) is 0 Å². The van der Waals surface area contributed by atoms with Gasteiger partial charge in [-0.05, 0) is 60.0 Å². The molecule has 3 aromatic rings. The predicted octanol–water partition coefficient (Wildman–Crippen LogP) is 4.49. The van der Waals surface area contributed by atoms with E-state index in [1.54, 1.807) is 12.1 Å². The molecule has 162 valence electrons. The molecule has 0 aromatic heterocycles. The molecule has 1 atom stereocenters. The van der Waals surface area contributed by atoms with Crippen LogP contribution in [-0.4, -0.2) is 35.6 Å². The Morgan fingerprint density at radius 2 is 1.68 bits per heavy atom. The number of rotatable bonds is 7. The normalized spacial score (nSPS) is 14.4. The molecule has 0 spiro atoms. The van der Waals surface area contributed by atoms with Gasteiger partial charge in [-0.1, -0.05) is 41.9 Å². The Bertz CT molecular complexity index is 1150. The maximum Gasteiger partial charge on any atom is 0.240 e. The van der Waals surface area contributed by atoms with Gasteiger partial charge in [-0.15, -0.1) is 0 Å². The van der Waals surface area contributed by atoms with Gasteiger partial charge in [0.1, 0.15) is 0 Å². The second-order valence-electron chi connectivity index (χ2n) is 7.88. The zero-order valence-electron chi connectivity index (χ0n) is 17.6. The van der Waals surface area contributed by atoms with Gasteiger partial charge in [0.25, 0.3) is 0 Å². The summed E-state index contributed by atoms with van der Waals surface area (Å²) >= 11 is 5.91. The molecule has 7 heteroatoms. The number of hydrogen-bond acceptors (Lipinski definition) is 4. The minimum absolute atomic E-state index is 0.123. The van der Waals surface area contributed by atoms with Crippen molar-refractivity contribution in [3.8, 4) is 0 Å². The molecule has 3 aromatic carbocycles. The van der Waals surface area contributed by atoms with Crippen LogP contribution in [0.25, 0.3) is 0 Å². The van der Waals surface area contributed by atoms with E-state index in [0.717, 1.165) is 29.9 Å². The lowest BCUT2D eigenvalue weighted by molar-refractivity contribution is 0.563. The van der Waals surface area contributed by atoms with E-state index in [1.807, 2.05) is 31.1 Å². The molecule has 1 aliphatic rings. The van der Waals surface area contributed by atoms with Gasteiger partial charge < -0.3 is 9.80 Å². The summed E-state index contributed by atoms with van der Waals surface area (Å²) in [4.78, 5) is 4.55. The molecular formula is C24H26ClN3O2S. The van der Waals surface area contributed by atoms with Gasteiger partial charge in [0.15, 0.2) is 0 Å². The Hall–Kier alpha value is -2.54. The highest BCUT2D eigenvalue weighted by atomic mass is 35.5. The van der Waals surface area contributed by atoms with Gasteiger partial charge in [-0.25, -0.2) is 13.1 Å². The SMILES string of the molecule is CN(C)c1ccc([C@@H](CNS(=O)(=O)c2ccc(Cl)cc2)N2CCc3ccccc32)cc1. The van der Waals surface area contributed by atoms with Crippen molar-refractivity contribution in [3.63, 3.8) is 0 Å². The molecule has 0 saturated heterocycles. The third-order valence-corrected chi connectivity index (χ3v) is 7.38. The first-order chi connectivity index (χ1) is 14.8. The van der Waals surface area contributed by atoms with E-state index < -0.39 is 10.0 Å². The predicted molar refractivity (Wildman–Crippen MR) is 128 cm³/mol. The molecule has 31 heavy (non-hydrogen) atoms. The molecule has 0 bridgehead atoms. The molecule has 0 radical (unpaired) electrons. The minimum Gasteiger partial charge on any atom is -0.378 e. The van der Waals surface area contributed by atoms with Crippen LogP contribution >= 0.6 is 11.6 Å². The molecule has 1 aliphatic heterocycles. The number of nitrogens with zero attached hydrogens (tertiary/aromatic N) is 2. The first kappa shape index (κ1) is 21.7. The van der Waals surface area contributed by atoms with Crippen molar-refractivity contribution >= 4 is 33.0 Å². The Balaban J connectivity index is 1.63. The van der Waals surface area contributed by atoms with Crippen LogP contribution in [0.3, 0.4) is 0 Å². The quantitative estimate of drug-likeness (QED) is 0.570. The van der Waals surface area contributed by atoms with E-state index in [-0.39, 0.29) is 17.5 Å². The number of benzene rings is 3. The Morgan fingerprint density at radius 1 is 1.00 bits per heavy atom. The van der Waals surface area contributed by atoms with Crippen molar-refractivity contribution in [3.05, 3.63) is 88.9 Å². The molecule has 1 heterocycles. The fourth-order valence-electron chi connectivity index (χ4n) is 3.98. The van der Waals surface area contributed by atoms with E-state index in [1.165, 1.54) is 17.7 Å². The molecule has 1 N–H and O–H groups in total. The van der Waals surface area contributed by atoms with Crippen molar-refractivity contribution in [2.45, 2.75) is 17.4 Å². The second kappa shape index (κ2) is 8.91. The van der Waals surface area contributed by atoms with E-state index >= 15 is 0 Å². The molecule has 0 unspecified atom stereocenters. The molecule has 0 fully saturated rings. The number of para-hydroxylation sites is 1. The van der Waals surface area contributed by atoms with Crippen LogP contribution in [0.2, 0.25) is 5.02 Å². The Labute approximate surface area is 189 Å². The summed E-state index contributed by atoms with van der Waals surface area (Å²) in [5.41, 5.74) is 4.63. The van der Waals surface area contributed by atoms with E-state index in [0.29, 0.717) is 5.02 Å². The molecule has 4 rings (SSSR count). The number of hydrogen-bond donors (Lipinski definition) is 1. The van der Waals surface area contributed by atoms with Crippen LogP contribution in [0.5, 0.6) is 0 Å². The summed E-state index contributed by atoms with van der Waals surface area (Å²) in [6.07, 6.45) is 0.951. The largest absolute Gasteiger partial charge is 0.378 e. The zero-order valence-corrected chi connectivity index (χ0v) is 19.2. The molecule has 0 aliphatic carbocycles. The number of sulfonamides is 1. The lowest BCUT2D eigenvalue weighted by Gasteiger charge is -2.31. The Morgan fingerprint density at radius 3 is 2.35 bits per heavy atom. The van der Waals surface area contributed by atoms with Gasteiger partial charge in [0.2, 0.25) is 10.0 Å². The van der Waals surface area contributed by atoms with E-state index in [4.69, 9.17) is 11.6 Å². The van der Waals surface area contributed by atoms with Crippen molar-refractivity contribution in [2.24, 2.45) is 0 Å². The number of anilines is 2. The highest BCUT2D eigenvalue weighted by Crippen LogP contribution is 2.35. The summed E-state index contributed by atoms with van der Waals surface area (Å²) in [7, 11) is 0.355. The summed E-state index contributed by atoms with van der Waals surface area (Å²) in [6, 6.07) is 22.7. The maximum atomic E-state index is 12.9. The monoisotopic (exact) mass is 455 g/mol.